The number of anilines is 1. The first-order valence-corrected chi connectivity index (χ1v) is 14.1. The Hall–Kier alpha value is -3.32. The van der Waals surface area contributed by atoms with Gasteiger partial charge in [0.05, 0.1) is 34.0 Å². The molecule has 2 atom stereocenters. The summed E-state index contributed by atoms with van der Waals surface area (Å²) < 4.78 is 61.8. The lowest BCUT2D eigenvalue weighted by Crippen LogP contribution is -2.48. The fraction of sp³-hybridized carbons (Fsp3) is 0.269. The third-order valence-corrected chi connectivity index (χ3v) is 8.92. The van der Waals surface area contributed by atoms with Crippen molar-refractivity contribution in [3.8, 4) is 0 Å². The van der Waals surface area contributed by atoms with Crippen LogP contribution in [0.5, 0.6) is 0 Å². The van der Waals surface area contributed by atoms with Crippen molar-refractivity contribution in [1.29, 1.82) is 0 Å². The molecule has 0 radical (unpaired) electrons. The zero-order chi connectivity index (χ0) is 27.0. The van der Waals surface area contributed by atoms with E-state index in [1.54, 1.807) is 24.4 Å². The topological polar surface area (TPSA) is 92.7 Å². The Balaban J connectivity index is 1.47. The van der Waals surface area contributed by atoms with Gasteiger partial charge in [-0.1, -0.05) is 17.4 Å². The van der Waals surface area contributed by atoms with Crippen molar-refractivity contribution in [1.82, 2.24) is 14.3 Å². The van der Waals surface area contributed by atoms with Gasteiger partial charge in [0.2, 0.25) is 10.0 Å². The number of carbonyl (C=O) groups is 1. The van der Waals surface area contributed by atoms with E-state index >= 15 is 0 Å². The van der Waals surface area contributed by atoms with Crippen LogP contribution in [0.4, 0.5) is 13.9 Å². The minimum absolute atomic E-state index is 0.0210. The van der Waals surface area contributed by atoms with Crippen LogP contribution in [-0.4, -0.2) is 53.9 Å². The van der Waals surface area contributed by atoms with E-state index in [0.29, 0.717) is 5.69 Å². The van der Waals surface area contributed by atoms with Crippen molar-refractivity contribution in [2.75, 3.05) is 18.0 Å². The lowest BCUT2D eigenvalue weighted by Gasteiger charge is -2.34. The first kappa shape index (κ1) is 26.3. The van der Waals surface area contributed by atoms with Gasteiger partial charge >= 0.3 is 0 Å². The number of thiazole rings is 1. The summed E-state index contributed by atoms with van der Waals surface area (Å²) in [5, 5.41) is 0.160. The molecule has 2 aromatic heterocycles. The molecule has 198 valence electrons. The van der Waals surface area contributed by atoms with Gasteiger partial charge in [0.15, 0.2) is 10.9 Å². The highest BCUT2D eigenvalue weighted by Crippen LogP contribution is 2.33. The molecule has 0 spiro atoms. The molecule has 0 bridgehead atoms. The molecule has 1 aliphatic rings. The summed E-state index contributed by atoms with van der Waals surface area (Å²) in [7, 11) is -3.79. The van der Waals surface area contributed by atoms with Crippen molar-refractivity contribution in [2.45, 2.75) is 37.5 Å². The zero-order valence-electron chi connectivity index (χ0n) is 20.5. The van der Waals surface area contributed by atoms with Crippen LogP contribution in [0.1, 0.15) is 29.9 Å². The van der Waals surface area contributed by atoms with Gasteiger partial charge in [0.1, 0.15) is 11.3 Å². The molecule has 8 nitrogen and oxygen atoms in total. The SMILES string of the molecule is CC1CN(S(=O)(=O)c2ccc(C(=O)N(Cc3ccccn3)c3nc4c(F)cc(F)cc4s3)cc2)CC(C)O1. The maximum absolute atomic E-state index is 14.4. The minimum atomic E-state index is -3.79. The van der Waals surface area contributed by atoms with Crippen LogP contribution in [0.2, 0.25) is 0 Å². The summed E-state index contributed by atoms with van der Waals surface area (Å²) >= 11 is 0.974. The van der Waals surface area contributed by atoms with Crippen LogP contribution in [0.15, 0.2) is 65.7 Å². The first-order chi connectivity index (χ1) is 18.1. The Morgan fingerprint density at radius 1 is 1.11 bits per heavy atom. The zero-order valence-corrected chi connectivity index (χ0v) is 22.2. The number of pyridine rings is 1. The lowest BCUT2D eigenvalue weighted by molar-refractivity contribution is -0.0440. The summed E-state index contributed by atoms with van der Waals surface area (Å²) in [4.78, 5) is 23.6. The standard InChI is InChI=1S/C26H24F2N4O4S2/c1-16-13-31(14-17(2)36-16)38(34,35)21-8-6-18(7-9-21)25(33)32(15-20-5-3-4-10-29-20)26-30-24-22(28)11-19(27)12-23(24)37-26/h3-12,16-17H,13-15H2,1-2H3. The molecule has 5 rings (SSSR count). The third kappa shape index (κ3) is 5.30. The fourth-order valence-corrected chi connectivity index (χ4v) is 6.94. The van der Waals surface area contributed by atoms with E-state index in [0.717, 1.165) is 23.5 Å². The van der Waals surface area contributed by atoms with Gasteiger partial charge < -0.3 is 4.74 Å². The molecule has 38 heavy (non-hydrogen) atoms. The smallest absolute Gasteiger partial charge is 0.260 e. The number of halogens is 2. The predicted octanol–water partition coefficient (Wildman–Crippen LogP) is 4.61. The number of hydrogen-bond donors (Lipinski definition) is 0. The van der Waals surface area contributed by atoms with Crippen LogP contribution in [0.3, 0.4) is 0 Å². The van der Waals surface area contributed by atoms with E-state index in [-0.39, 0.29) is 57.6 Å². The monoisotopic (exact) mass is 558 g/mol. The average molecular weight is 559 g/mol. The second kappa shape index (κ2) is 10.4. The van der Waals surface area contributed by atoms with Crippen molar-refractivity contribution < 1.29 is 26.7 Å². The Labute approximate surface area is 222 Å². The number of ether oxygens (including phenoxy) is 1. The van der Waals surface area contributed by atoms with Gasteiger partial charge in [-0.25, -0.2) is 22.2 Å². The number of carbonyl (C=O) groups excluding carboxylic acids is 1. The number of amides is 1. The number of benzene rings is 2. The molecule has 1 aliphatic heterocycles. The molecular formula is C26H24F2N4O4S2. The second-order valence-electron chi connectivity index (χ2n) is 9.05. The van der Waals surface area contributed by atoms with Crippen LogP contribution in [0, 0.1) is 11.6 Å². The molecule has 2 aromatic carbocycles. The number of aromatic nitrogens is 2. The Morgan fingerprint density at radius 3 is 2.47 bits per heavy atom. The van der Waals surface area contributed by atoms with Gasteiger partial charge in [-0.2, -0.15) is 4.31 Å². The first-order valence-electron chi connectivity index (χ1n) is 11.8. The largest absolute Gasteiger partial charge is 0.373 e. The Morgan fingerprint density at radius 2 is 1.82 bits per heavy atom. The van der Waals surface area contributed by atoms with E-state index in [4.69, 9.17) is 4.74 Å². The average Bonchev–Trinajstić information content (AvgIpc) is 3.31. The van der Waals surface area contributed by atoms with E-state index in [9.17, 15) is 22.0 Å². The normalized spacial score (nSPS) is 18.5. The fourth-order valence-electron chi connectivity index (χ4n) is 4.34. The minimum Gasteiger partial charge on any atom is -0.373 e. The summed E-state index contributed by atoms with van der Waals surface area (Å²) in [6.45, 7) is 4.13. The summed E-state index contributed by atoms with van der Waals surface area (Å²) in [5.41, 5.74) is 0.719. The van der Waals surface area contributed by atoms with Crippen molar-refractivity contribution in [3.05, 3.63) is 83.7 Å². The van der Waals surface area contributed by atoms with Gasteiger partial charge in [0.25, 0.3) is 5.91 Å². The molecular weight excluding hydrogens is 534 g/mol. The highest BCUT2D eigenvalue weighted by Gasteiger charge is 2.32. The number of fused-ring (bicyclic) bond motifs is 1. The maximum Gasteiger partial charge on any atom is 0.260 e. The maximum atomic E-state index is 14.4. The van der Waals surface area contributed by atoms with Gasteiger partial charge in [-0.05, 0) is 56.3 Å². The highest BCUT2D eigenvalue weighted by atomic mass is 32.2. The number of rotatable bonds is 6. The molecule has 2 unspecified atom stereocenters. The lowest BCUT2D eigenvalue weighted by atomic mass is 10.2. The Kier molecular flexibility index (Phi) is 7.23. The third-order valence-electron chi connectivity index (χ3n) is 6.05. The van der Waals surface area contributed by atoms with Gasteiger partial charge in [0, 0.05) is 30.9 Å². The second-order valence-corrected chi connectivity index (χ2v) is 12.0. The molecule has 1 fully saturated rings. The predicted molar refractivity (Wildman–Crippen MR) is 139 cm³/mol. The number of sulfonamides is 1. The van der Waals surface area contributed by atoms with Crippen LogP contribution < -0.4 is 4.90 Å². The highest BCUT2D eigenvalue weighted by molar-refractivity contribution is 7.89. The van der Waals surface area contributed by atoms with Gasteiger partial charge in [-0.3, -0.25) is 14.7 Å². The molecule has 0 aliphatic carbocycles. The molecule has 3 heterocycles. The van der Waals surface area contributed by atoms with Gasteiger partial charge in [-0.15, -0.1) is 0 Å². The number of hydrogen-bond acceptors (Lipinski definition) is 7. The van der Waals surface area contributed by atoms with Crippen LogP contribution >= 0.6 is 11.3 Å². The molecule has 4 aromatic rings. The van der Waals surface area contributed by atoms with E-state index in [1.165, 1.54) is 33.5 Å². The molecule has 0 N–H and O–H groups in total. The summed E-state index contributed by atoms with van der Waals surface area (Å²) in [5.74, 6) is -2.06. The van der Waals surface area contributed by atoms with Crippen molar-refractivity contribution in [3.63, 3.8) is 0 Å². The van der Waals surface area contributed by atoms with Crippen LogP contribution in [0.25, 0.3) is 10.2 Å². The molecule has 1 saturated heterocycles. The molecule has 0 saturated carbocycles. The van der Waals surface area contributed by atoms with Crippen molar-refractivity contribution in [2.24, 2.45) is 0 Å². The van der Waals surface area contributed by atoms with Crippen molar-refractivity contribution >= 4 is 42.6 Å². The Bertz CT molecular complexity index is 1570. The molecule has 12 heteroatoms. The van der Waals surface area contributed by atoms with E-state index in [2.05, 4.69) is 9.97 Å². The number of morpholine rings is 1. The summed E-state index contributed by atoms with van der Waals surface area (Å²) in [6, 6.07) is 12.8. The van der Waals surface area contributed by atoms with E-state index < -0.39 is 27.6 Å². The number of nitrogens with zero attached hydrogens (tertiary/aromatic N) is 4. The van der Waals surface area contributed by atoms with Crippen LogP contribution in [-0.2, 0) is 21.3 Å². The molecule has 1 amide bonds. The van der Waals surface area contributed by atoms with E-state index in [1.807, 2.05) is 13.8 Å². The summed E-state index contributed by atoms with van der Waals surface area (Å²) in [6.07, 6.45) is 1.11. The quantitative estimate of drug-likeness (QED) is 0.343.